The first-order valence-electron chi connectivity index (χ1n) is 8.14. The van der Waals surface area contributed by atoms with E-state index in [-0.39, 0.29) is 11.7 Å². The third-order valence-corrected chi connectivity index (χ3v) is 4.74. The zero-order valence-corrected chi connectivity index (χ0v) is 14.8. The van der Waals surface area contributed by atoms with E-state index in [4.69, 9.17) is 0 Å². The van der Waals surface area contributed by atoms with Crippen molar-refractivity contribution in [3.8, 4) is 5.82 Å². The summed E-state index contributed by atoms with van der Waals surface area (Å²) in [6, 6.07) is 9.90. The molecule has 1 N–H and O–H groups in total. The number of hydrogen-bond acceptors (Lipinski definition) is 5. The van der Waals surface area contributed by atoms with Gasteiger partial charge < -0.3 is 5.32 Å². The lowest BCUT2D eigenvalue weighted by molar-refractivity contribution is 0.0953. The SMILES string of the molecule is O=C(NCCCSCc1ccc(F)cc1)c1ccnc(-n2cnnc2)c1. The number of benzene rings is 1. The zero-order valence-electron chi connectivity index (χ0n) is 14.0. The molecule has 0 unspecified atom stereocenters. The number of nitrogens with one attached hydrogen (secondary N) is 1. The Morgan fingerprint density at radius 2 is 1.92 bits per heavy atom. The summed E-state index contributed by atoms with van der Waals surface area (Å²) in [5, 5.41) is 10.4. The van der Waals surface area contributed by atoms with Gasteiger partial charge in [-0.05, 0) is 42.0 Å². The summed E-state index contributed by atoms with van der Waals surface area (Å²) >= 11 is 1.76. The van der Waals surface area contributed by atoms with Crippen LogP contribution in [0.15, 0.2) is 55.2 Å². The summed E-state index contributed by atoms with van der Waals surface area (Å²) in [6.45, 7) is 0.597. The van der Waals surface area contributed by atoms with Crippen LogP contribution in [0.1, 0.15) is 22.3 Å². The summed E-state index contributed by atoms with van der Waals surface area (Å²) in [5.41, 5.74) is 1.64. The number of thioether (sulfide) groups is 1. The molecule has 0 aliphatic rings. The van der Waals surface area contributed by atoms with E-state index in [0.717, 1.165) is 23.5 Å². The lowest BCUT2D eigenvalue weighted by Crippen LogP contribution is -2.25. The van der Waals surface area contributed by atoms with Crippen molar-refractivity contribution in [3.05, 3.63) is 72.2 Å². The van der Waals surface area contributed by atoms with E-state index < -0.39 is 0 Å². The van der Waals surface area contributed by atoms with E-state index in [2.05, 4.69) is 20.5 Å². The van der Waals surface area contributed by atoms with Crippen molar-refractivity contribution in [1.82, 2.24) is 25.1 Å². The summed E-state index contributed by atoms with van der Waals surface area (Å²) in [5.74, 6) is 1.99. The Balaban J connectivity index is 1.39. The standard InChI is InChI=1S/C18H18FN5OS/c19-16-4-2-14(3-5-16)11-26-9-1-7-21-18(25)15-6-8-20-17(10-15)24-12-22-23-13-24/h2-6,8,10,12-13H,1,7,9,11H2,(H,21,25). The zero-order chi connectivity index (χ0) is 18.2. The predicted molar refractivity (Wildman–Crippen MR) is 98.7 cm³/mol. The highest BCUT2D eigenvalue weighted by Crippen LogP contribution is 2.13. The topological polar surface area (TPSA) is 72.7 Å². The van der Waals surface area contributed by atoms with Gasteiger partial charge in [0.15, 0.2) is 0 Å². The van der Waals surface area contributed by atoms with Gasteiger partial charge in [-0.25, -0.2) is 9.37 Å². The number of carbonyl (C=O) groups excluding carboxylic acids is 1. The van der Waals surface area contributed by atoms with E-state index in [1.165, 1.54) is 24.8 Å². The second-order valence-corrected chi connectivity index (χ2v) is 6.67. The molecular weight excluding hydrogens is 353 g/mol. The summed E-state index contributed by atoms with van der Waals surface area (Å²) < 4.78 is 14.5. The molecule has 1 amide bonds. The predicted octanol–water partition coefficient (Wildman–Crippen LogP) is 2.85. The molecule has 0 saturated carbocycles. The van der Waals surface area contributed by atoms with Crippen LogP contribution in [0.3, 0.4) is 0 Å². The van der Waals surface area contributed by atoms with Crippen molar-refractivity contribution in [2.45, 2.75) is 12.2 Å². The van der Waals surface area contributed by atoms with E-state index in [1.807, 2.05) is 0 Å². The number of nitrogens with zero attached hydrogens (tertiary/aromatic N) is 4. The van der Waals surface area contributed by atoms with Crippen molar-refractivity contribution in [2.24, 2.45) is 0 Å². The highest BCUT2D eigenvalue weighted by Gasteiger charge is 2.07. The first kappa shape index (κ1) is 18.1. The van der Waals surface area contributed by atoms with Crippen LogP contribution < -0.4 is 5.32 Å². The van der Waals surface area contributed by atoms with Crippen molar-refractivity contribution >= 4 is 17.7 Å². The molecule has 0 radical (unpaired) electrons. The second kappa shape index (κ2) is 9.10. The summed E-state index contributed by atoms with van der Waals surface area (Å²) in [4.78, 5) is 16.4. The minimum absolute atomic E-state index is 0.134. The molecule has 0 bridgehead atoms. The maximum Gasteiger partial charge on any atom is 0.251 e. The van der Waals surface area contributed by atoms with Gasteiger partial charge in [0.1, 0.15) is 24.3 Å². The fraction of sp³-hybridized carbons (Fsp3) is 0.222. The first-order valence-corrected chi connectivity index (χ1v) is 9.29. The van der Waals surface area contributed by atoms with Crippen LogP contribution in [0.4, 0.5) is 4.39 Å². The lowest BCUT2D eigenvalue weighted by Gasteiger charge is -2.07. The summed E-state index contributed by atoms with van der Waals surface area (Å²) in [7, 11) is 0. The third kappa shape index (κ3) is 5.13. The normalized spacial score (nSPS) is 10.7. The van der Waals surface area contributed by atoms with Crippen molar-refractivity contribution < 1.29 is 9.18 Å². The minimum atomic E-state index is -0.218. The molecule has 1 aromatic carbocycles. The van der Waals surface area contributed by atoms with Crippen LogP contribution in [0.5, 0.6) is 0 Å². The molecule has 0 atom stereocenters. The Hall–Kier alpha value is -2.74. The van der Waals surface area contributed by atoms with Gasteiger partial charge in [0.05, 0.1) is 0 Å². The average Bonchev–Trinajstić information content (AvgIpc) is 3.21. The molecule has 26 heavy (non-hydrogen) atoms. The summed E-state index contributed by atoms with van der Waals surface area (Å²) in [6.07, 6.45) is 5.51. The number of halogens is 1. The van der Waals surface area contributed by atoms with Gasteiger partial charge in [-0.2, -0.15) is 11.8 Å². The Morgan fingerprint density at radius 3 is 2.69 bits per heavy atom. The van der Waals surface area contributed by atoms with Crippen LogP contribution in [0, 0.1) is 5.82 Å². The number of carbonyl (C=O) groups is 1. The Morgan fingerprint density at radius 1 is 1.15 bits per heavy atom. The number of aromatic nitrogens is 4. The van der Waals surface area contributed by atoms with Crippen LogP contribution >= 0.6 is 11.8 Å². The van der Waals surface area contributed by atoms with Gasteiger partial charge in [0.25, 0.3) is 5.91 Å². The van der Waals surface area contributed by atoms with Crippen LogP contribution in [-0.2, 0) is 5.75 Å². The molecular formula is C18H18FN5OS. The maximum absolute atomic E-state index is 12.8. The van der Waals surface area contributed by atoms with Gasteiger partial charge in [0.2, 0.25) is 0 Å². The smallest absolute Gasteiger partial charge is 0.251 e. The molecule has 3 rings (SSSR count). The Labute approximate surface area is 154 Å². The van der Waals surface area contributed by atoms with Crippen molar-refractivity contribution in [1.29, 1.82) is 0 Å². The van der Waals surface area contributed by atoms with Gasteiger partial charge in [-0.3, -0.25) is 9.36 Å². The van der Waals surface area contributed by atoms with E-state index >= 15 is 0 Å². The average molecular weight is 371 g/mol. The molecule has 2 aromatic heterocycles. The van der Waals surface area contributed by atoms with Gasteiger partial charge in [-0.1, -0.05) is 12.1 Å². The quantitative estimate of drug-likeness (QED) is 0.617. The molecule has 8 heteroatoms. The van der Waals surface area contributed by atoms with Gasteiger partial charge in [0, 0.05) is 24.1 Å². The number of pyridine rings is 1. The highest BCUT2D eigenvalue weighted by molar-refractivity contribution is 7.98. The second-order valence-electron chi connectivity index (χ2n) is 5.56. The molecule has 3 aromatic rings. The molecule has 0 saturated heterocycles. The molecule has 6 nitrogen and oxygen atoms in total. The largest absolute Gasteiger partial charge is 0.352 e. The highest BCUT2D eigenvalue weighted by atomic mass is 32.2. The molecule has 0 aliphatic heterocycles. The number of amides is 1. The fourth-order valence-electron chi connectivity index (χ4n) is 2.27. The van der Waals surface area contributed by atoms with Crippen LogP contribution in [0.2, 0.25) is 0 Å². The Bertz CT molecular complexity index is 839. The molecule has 134 valence electrons. The lowest BCUT2D eigenvalue weighted by atomic mass is 10.2. The number of hydrogen-bond donors (Lipinski definition) is 1. The van der Waals surface area contributed by atoms with Crippen molar-refractivity contribution in [2.75, 3.05) is 12.3 Å². The monoisotopic (exact) mass is 371 g/mol. The van der Waals surface area contributed by atoms with Gasteiger partial charge >= 0.3 is 0 Å². The van der Waals surface area contributed by atoms with Crippen LogP contribution in [0.25, 0.3) is 5.82 Å². The fourth-order valence-corrected chi connectivity index (χ4v) is 3.19. The maximum atomic E-state index is 12.8. The molecule has 0 spiro atoms. The molecule has 2 heterocycles. The molecule has 0 fully saturated rings. The third-order valence-electron chi connectivity index (χ3n) is 3.62. The van der Waals surface area contributed by atoms with E-state index in [0.29, 0.717) is 17.9 Å². The molecule has 0 aliphatic carbocycles. The van der Waals surface area contributed by atoms with Crippen molar-refractivity contribution in [3.63, 3.8) is 0 Å². The minimum Gasteiger partial charge on any atom is -0.352 e. The number of rotatable bonds is 8. The first-order chi connectivity index (χ1) is 12.7. The van der Waals surface area contributed by atoms with E-state index in [9.17, 15) is 9.18 Å². The van der Waals surface area contributed by atoms with E-state index in [1.54, 1.807) is 46.8 Å². The van der Waals surface area contributed by atoms with Crippen LogP contribution in [-0.4, -0.2) is 38.0 Å². The Kier molecular flexibility index (Phi) is 6.32. The van der Waals surface area contributed by atoms with Gasteiger partial charge in [-0.15, -0.1) is 10.2 Å².